The second-order valence-electron chi connectivity index (χ2n) is 9.17. The molecule has 148 valence electrons. The largest absolute Gasteiger partial charge is 0.326 e. The fourth-order valence-electron chi connectivity index (χ4n) is 4.31. The molecule has 0 bridgehead atoms. The van der Waals surface area contributed by atoms with Crippen LogP contribution in [0.3, 0.4) is 0 Å². The lowest BCUT2D eigenvalue weighted by Gasteiger charge is -2.40. The van der Waals surface area contributed by atoms with E-state index in [4.69, 9.17) is 0 Å². The third-order valence-electron chi connectivity index (χ3n) is 6.06. The van der Waals surface area contributed by atoms with E-state index in [-0.39, 0.29) is 29.8 Å². The molecule has 3 rings (SSSR count). The predicted molar refractivity (Wildman–Crippen MR) is 102 cm³/mol. The van der Waals surface area contributed by atoms with E-state index in [2.05, 4.69) is 26.1 Å². The van der Waals surface area contributed by atoms with Crippen molar-refractivity contribution in [3.8, 4) is 0 Å². The molecular formula is C21H30FN3O2. The molecular weight excluding hydrogens is 345 g/mol. The summed E-state index contributed by atoms with van der Waals surface area (Å²) in [5.74, 6) is 0.192. The van der Waals surface area contributed by atoms with Crippen molar-refractivity contribution >= 4 is 11.9 Å². The molecule has 0 atom stereocenters. The molecule has 5 nitrogen and oxygen atoms in total. The monoisotopic (exact) mass is 375 g/mol. The highest BCUT2D eigenvalue weighted by molar-refractivity contribution is 6.07. The number of nitrogens with one attached hydrogen (secondary N) is 1. The van der Waals surface area contributed by atoms with E-state index in [1.807, 2.05) is 11.9 Å². The zero-order valence-corrected chi connectivity index (χ0v) is 16.7. The van der Waals surface area contributed by atoms with E-state index in [0.717, 1.165) is 18.4 Å². The first-order valence-corrected chi connectivity index (χ1v) is 9.68. The number of hydrogen-bond acceptors (Lipinski definition) is 3. The summed E-state index contributed by atoms with van der Waals surface area (Å²) in [7, 11) is 1.85. The Morgan fingerprint density at radius 3 is 2.33 bits per heavy atom. The molecule has 3 amide bonds. The van der Waals surface area contributed by atoms with E-state index in [1.165, 1.54) is 17.0 Å². The van der Waals surface area contributed by atoms with Crippen molar-refractivity contribution in [1.29, 1.82) is 0 Å². The number of nitrogens with zero attached hydrogens (tertiary/aromatic N) is 2. The van der Waals surface area contributed by atoms with Crippen molar-refractivity contribution in [1.82, 2.24) is 15.1 Å². The highest BCUT2D eigenvalue weighted by Crippen LogP contribution is 2.43. The quantitative estimate of drug-likeness (QED) is 0.816. The van der Waals surface area contributed by atoms with Crippen LogP contribution >= 0.6 is 0 Å². The zero-order valence-electron chi connectivity index (χ0n) is 16.7. The van der Waals surface area contributed by atoms with Gasteiger partial charge in [-0.3, -0.25) is 9.69 Å². The Labute approximate surface area is 160 Å². The van der Waals surface area contributed by atoms with Gasteiger partial charge in [-0.25, -0.2) is 14.1 Å². The summed E-state index contributed by atoms with van der Waals surface area (Å²) in [6.07, 6.45) is 3.32. The average molecular weight is 375 g/mol. The molecule has 1 N–H and O–H groups in total. The molecule has 1 aromatic rings. The molecule has 1 heterocycles. The normalized spacial score (nSPS) is 26.1. The van der Waals surface area contributed by atoms with Crippen molar-refractivity contribution in [2.75, 3.05) is 13.7 Å². The van der Waals surface area contributed by atoms with Gasteiger partial charge in [0.2, 0.25) is 0 Å². The average Bonchev–Trinajstić information content (AvgIpc) is 2.81. The summed E-state index contributed by atoms with van der Waals surface area (Å²) < 4.78 is 13.0. The number of hydrogen-bond donors (Lipinski definition) is 1. The van der Waals surface area contributed by atoms with Gasteiger partial charge in [0.05, 0.1) is 6.67 Å². The highest BCUT2D eigenvalue weighted by Gasteiger charge is 2.53. The standard InChI is InChI=1S/C21H30FN3O2/c1-20(2,3)16-9-11-21(12-10-16)18(26)25(19(27)23-21)14-24(4)13-15-5-7-17(22)8-6-15/h5-8,16H,9-14H2,1-4H3,(H,23,27). The third-order valence-corrected chi connectivity index (χ3v) is 6.06. The number of imide groups is 1. The lowest BCUT2D eigenvalue weighted by Crippen LogP contribution is -2.51. The molecule has 1 aromatic carbocycles. The highest BCUT2D eigenvalue weighted by atomic mass is 19.1. The van der Waals surface area contributed by atoms with E-state index < -0.39 is 5.54 Å². The van der Waals surface area contributed by atoms with Gasteiger partial charge in [-0.1, -0.05) is 32.9 Å². The smallest absolute Gasteiger partial charge is 0.323 e. The van der Waals surface area contributed by atoms with Crippen molar-refractivity contribution in [2.24, 2.45) is 11.3 Å². The molecule has 0 unspecified atom stereocenters. The van der Waals surface area contributed by atoms with Crippen LogP contribution in [0.15, 0.2) is 24.3 Å². The second kappa shape index (κ2) is 7.23. The maximum atomic E-state index is 13.0. The molecule has 2 fully saturated rings. The Hall–Kier alpha value is -1.95. The molecule has 0 aromatic heterocycles. The van der Waals surface area contributed by atoms with Crippen LogP contribution in [0.1, 0.15) is 52.0 Å². The van der Waals surface area contributed by atoms with Crippen LogP contribution in [0.2, 0.25) is 0 Å². The molecule has 6 heteroatoms. The number of urea groups is 1. The molecule has 0 radical (unpaired) electrons. The van der Waals surface area contributed by atoms with Gasteiger partial charge in [-0.05, 0) is 61.8 Å². The first-order valence-electron chi connectivity index (χ1n) is 9.68. The first kappa shape index (κ1) is 19.8. The van der Waals surface area contributed by atoms with Crippen LogP contribution in [-0.4, -0.2) is 41.0 Å². The van der Waals surface area contributed by atoms with Crippen LogP contribution in [0.25, 0.3) is 0 Å². The molecule has 1 spiro atoms. The SMILES string of the molecule is CN(Cc1ccc(F)cc1)CN1C(=O)NC2(CCC(C(C)(C)C)CC2)C1=O. The Morgan fingerprint density at radius 2 is 1.78 bits per heavy atom. The minimum Gasteiger partial charge on any atom is -0.323 e. The van der Waals surface area contributed by atoms with Gasteiger partial charge in [0, 0.05) is 6.54 Å². The minimum atomic E-state index is -0.727. The maximum absolute atomic E-state index is 13.0. The number of rotatable bonds is 4. The van der Waals surface area contributed by atoms with E-state index in [9.17, 15) is 14.0 Å². The van der Waals surface area contributed by atoms with Gasteiger partial charge < -0.3 is 5.32 Å². The number of carbonyl (C=O) groups excluding carboxylic acids is 2. The van der Waals surface area contributed by atoms with E-state index in [0.29, 0.717) is 25.3 Å². The summed E-state index contributed by atoms with van der Waals surface area (Å²) in [4.78, 5) is 28.7. The number of halogens is 1. The summed E-state index contributed by atoms with van der Waals surface area (Å²) in [6.45, 7) is 7.48. The maximum Gasteiger partial charge on any atom is 0.326 e. The van der Waals surface area contributed by atoms with Crippen LogP contribution < -0.4 is 5.32 Å². The summed E-state index contributed by atoms with van der Waals surface area (Å²) in [5.41, 5.74) is 0.434. The Morgan fingerprint density at radius 1 is 1.19 bits per heavy atom. The van der Waals surface area contributed by atoms with Crippen molar-refractivity contribution in [2.45, 2.75) is 58.5 Å². The Kier molecular flexibility index (Phi) is 5.30. The van der Waals surface area contributed by atoms with Gasteiger partial charge >= 0.3 is 6.03 Å². The fraction of sp³-hybridized carbons (Fsp3) is 0.619. The van der Waals surface area contributed by atoms with Crippen LogP contribution in [0, 0.1) is 17.2 Å². The van der Waals surface area contributed by atoms with Crippen molar-refractivity contribution < 1.29 is 14.0 Å². The van der Waals surface area contributed by atoms with Gasteiger partial charge in [0.25, 0.3) is 5.91 Å². The summed E-state index contributed by atoms with van der Waals surface area (Å²) in [6, 6.07) is 5.96. The van der Waals surface area contributed by atoms with Gasteiger partial charge in [-0.2, -0.15) is 0 Å². The topological polar surface area (TPSA) is 52.6 Å². The summed E-state index contributed by atoms with van der Waals surface area (Å²) in [5, 5.41) is 2.98. The van der Waals surface area contributed by atoms with E-state index in [1.54, 1.807) is 12.1 Å². The lowest BCUT2D eigenvalue weighted by molar-refractivity contribution is -0.134. The van der Waals surface area contributed by atoms with Crippen LogP contribution in [0.4, 0.5) is 9.18 Å². The number of benzene rings is 1. The molecule has 1 saturated carbocycles. The Balaban J connectivity index is 1.62. The number of carbonyl (C=O) groups is 2. The minimum absolute atomic E-state index is 0.106. The molecule has 1 saturated heterocycles. The zero-order chi connectivity index (χ0) is 19.8. The van der Waals surface area contributed by atoms with Crippen molar-refractivity contribution in [3.63, 3.8) is 0 Å². The Bertz CT molecular complexity index is 703. The fourth-order valence-corrected chi connectivity index (χ4v) is 4.31. The molecule has 2 aliphatic rings. The van der Waals surface area contributed by atoms with Crippen LogP contribution in [-0.2, 0) is 11.3 Å². The second-order valence-corrected chi connectivity index (χ2v) is 9.17. The molecule has 1 aliphatic carbocycles. The first-order chi connectivity index (χ1) is 12.6. The third kappa shape index (κ3) is 4.15. The van der Waals surface area contributed by atoms with Gasteiger partial charge in [0.1, 0.15) is 11.4 Å². The van der Waals surface area contributed by atoms with Crippen LogP contribution in [0.5, 0.6) is 0 Å². The molecule has 1 aliphatic heterocycles. The summed E-state index contributed by atoms with van der Waals surface area (Å²) >= 11 is 0. The van der Waals surface area contributed by atoms with E-state index >= 15 is 0 Å². The molecule has 27 heavy (non-hydrogen) atoms. The van der Waals surface area contributed by atoms with Gasteiger partial charge in [0.15, 0.2) is 0 Å². The lowest BCUT2D eigenvalue weighted by atomic mass is 9.67. The van der Waals surface area contributed by atoms with Gasteiger partial charge in [-0.15, -0.1) is 0 Å². The predicted octanol–water partition coefficient (Wildman–Crippen LogP) is 3.74. The van der Waals surface area contributed by atoms with Crippen molar-refractivity contribution in [3.05, 3.63) is 35.6 Å². The number of amides is 3.